The third-order valence-corrected chi connectivity index (χ3v) is 7.18. The van der Waals surface area contributed by atoms with Crippen molar-refractivity contribution in [1.82, 2.24) is 0 Å². The minimum atomic E-state index is -0.855. The van der Waals surface area contributed by atoms with Gasteiger partial charge in [0.2, 0.25) is 0 Å². The molecule has 10 unspecified atom stereocenters. The van der Waals surface area contributed by atoms with Crippen LogP contribution in [-0.2, 0) is 9.47 Å². The number of ether oxygens (including phenoxy) is 2. The van der Waals surface area contributed by atoms with Crippen molar-refractivity contribution in [2.24, 2.45) is 35.5 Å². The second-order valence-corrected chi connectivity index (χ2v) is 9.36. The lowest BCUT2D eigenvalue weighted by molar-refractivity contribution is -0.105. The van der Waals surface area contributed by atoms with Gasteiger partial charge in [-0.25, -0.2) is 0 Å². The first-order chi connectivity index (χ1) is 10.0. The molecule has 4 saturated heterocycles. The van der Waals surface area contributed by atoms with Crippen LogP contribution in [0.4, 0.5) is 0 Å². The third-order valence-electron chi connectivity index (χ3n) is 7.18. The van der Waals surface area contributed by atoms with Gasteiger partial charge in [-0.3, -0.25) is 0 Å². The molecular weight excluding hydrogens is 304 g/mol. The molecule has 24 heavy (non-hydrogen) atoms. The highest BCUT2D eigenvalue weighted by molar-refractivity contribution is 5.20. The van der Waals surface area contributed by atoms with Gasteiger partial charge in [-0.15, -0.1) is 0 Å². The zero-order valence-electron chi connectivity index (χ0n) is 14.5. The normalized spacial score (nSPS) is 52.0. The van der Waals surface area contributed by atoms with E-state index in [1.165, 1.54) is 0 Å². The van der Waals surface area contributed by atoms with Crippen molar-refractivity contribution in [3.05, 3.63) is 0 Å². The van der Waals surface area contributed by atoms with Gasteiger partial charge in [0, 0.05) is 23.7 Å². The lowest BCUT2D eigenvalue weighted by Crippen LogP contribution is -2.58. The molecule has 4 rings (SSSR count). The summed E-state index contributed by atoms with van der Waals surface area (Å²) in [6, 6.07) is 0. The Balaban J connectivity index is 0.00000104. The molecule has 0 aromatic carbocycles. The zero-order chi connectivity index (χ0) is 16.2. The van der Waals surface area contributed by atoms with Gasteiger partial charge in [0.1, 0.15) is 0 Å². The molecule has 4 aliphatic rings. The van der Waals surface area contributed by atoms with Crippen molar-refractivity contribution in [2.75, 3.05) is 0 Å². The van der Waals surface area contributed by atoms with Crippen molar-refractivity contribution < 1.29 is 19.7 Å². The van der Waals surface area contributed by atoms with E-state index >= 15 is 0 Å². The fourth-order valence-electron chi connectivity index (χ4n) is 6.26. The summed E-state index contributed by atoms with van der Waals surface area (Å²) in [6.45, 7) is 12.0. The average molecular weight is 343 g/mol. The van der Waals surface area contributed by atoms with Crippen LogP contribution in [0.25, 0.3) is 0 Å². The van der Waals surface area contributed by atoms with Gasteiger partial charge < -0.3 is 19.7 Å². The Hall–Kier alpha value is -0.160. The molecule has 10 atom stereocenters. The maximum absolute atomic E-state index is 10.7. The lowest BCUT2D eigenvalue weighted by Gasteiger charge is -2.48. The molecule has 4 bridgehead atoms. The summed E-state index contributed by atoms with van der Waals surface area (Å²) in [5, 5.41) is 21.5. The van der Waals surface area contributed by atoms with Gasteiger partial charge in [-0.2, -0.15) is 0 Å². The standard InChI is InChI=1S/C18H30O4.2CH4/c1-7-8(2)14-10-9(13(7)21-14)15-11(17(3,4)19)12(16(10)22-15)18(5,6)20;;/h7-16,19-20H,1-6H3;2*1H4. The fraction of sp³-hybridized carbons (Fsp3) is 1.00. The van der Waals surface area contributed by atoms with E-state index in [0.29, 0.717) is 23.7 Å². The Morgan fingerprint density at radius 2 is 0.917 bits per heavy atom. The van der Waals surface area contributed by atoms with Crippen LogP contribution in [0.1, 0.15) is 56.4 Å². The summed E-state index contributed by atoms with van der Waals surface area (Å²) >= 11 is 0. The van der Waals surface area contributed by atoms with Crippen LogP contribution in [0.15, 0.2) is 0 Å². The molecule has 0 aromatic rings. The van der Waals surface area contributed by atoms with E-state index in [1.54, 1.807) is 0 Å². The topological polar surface area (TPSA) is 58.9 Å². The van der Waals surface area contributed by atoms with Gasteiger partial charge in [-0.05, 0) is 39.5 Å². The molecule has 0 aliphatic carbocycles. The Kier molecular flexibility index (Phi) is 4.76. The van der Waals surface area contributed by atoms with Crippen molar-refractivity contribution >= 4 is 0 Å². The van der Waals surface area contributed by atoms with Crippen molar-refractivity contribution in [1.29, 1.82) is 0 Å². The van der Waals surface area contributed by atoms with E-state index in [4.69, 9.17) is 9.47 Å². The number of fused-ring (bicyclic) bond motifs is 9. The van der Waals surface area contributed by atoms with Crippen LogP contribution >= 0.6 is 0 Å². The Morgan fingerprint density at radius 1 is 0.625 bits per heavy atom. The maximum Gasteiger partial charge on any atom is 0.0696 e. The maximum atomic E-state index is 10.7. The summed E-state index contributed by atoms with van der Waals surface area (Å²) in [4.78, 5) is 0. The smallest absolute Gasteiger partial charge is 0.0696 e. The summed E-state index contributed by atoms with van der Waals surface area (Å²) in [5.41, 5.74) is -1.71. The molecule has 4 aliphatic heterocycles. The molecule has 142 valence electrons. The van der Waals surface area contributed by atoms with Gasteiger partial charge >= 0.3 is 0 Å². The quantitative estimate of drug-likeness (QED) is 0.809. The molecule has 0 spiro atoms. The second-order valence-electron chi connectivity index (χ2n) is 9.36. The molecule has 4 heterocycles. The molecule has 2 N–H and O–H groups in total. The Labute approximate surface area is 147 Å². The molecule has 4 heteroatoms. The first-order valence-corrected chi connectivity index (χ1v) is 8.79. The van der Waals surface area contributed by atoms with E-state index in [-0.39, 0.29) is 51.1 Å². The lowest BCUT2D eigenvalue weighted by atomic mass is 9.54. The highest BCUT2D eigenvalue weighted by atomic mass is 16.6. The zero-order valence-corrected chi connectivity index (χ0v) is 14.5. The predicted octanol–water partition coefficient (Wildman–Crippen LogP) is 3.10. The largest absolute Gasteiger partial charge is 0.390 e. The highest BCUT2D eigenvalue weighted by Crippen LogP contribution is 2.65. The first kappa shape index (κ1) is 20.2. The Morgan fingerprint density at radius 3 is 1.21 bits per heavy atom. The van der Waals surface area contributed by atoms with E-state index in [1.807, 2.05) is 27.7 Å². The van der Waals surface area contributed by atoms with Gasteiger partial charge in [0.25, 0.3) is 0 Å². The number of rotatable bonds is 2. The van der Waals surface area contributed by atoms with Gasteiger partial charge in [-0.1, -0.05) is 28.7 Å². The first-order valence-electron chi connectivity index (χ1n) is 8.79. The van der Waals surface area contributed by atoms with Crippen LogP contribution in [-0.4, -0.2) is 45.8 Å². The third kappa shape index (κ3) is 2.33. The van der Waals surface area contributed by atoms with Crippen LogP contribution in [0.3, 0.4) is 0 Å². The van der Waals surface area contributed by atoms with Gasteiger partial charge in [0.05, 0.1) is 35.6 Å². The highest BCUT2D eigenvalue weighted by Gasteiger charge is 2.74. The fourth-order valence-corrected chi connectivity index (χ4v) is 6.26. The molecule has 0 aromatic heterocycles. The summed E-state index contributed by atoms with van der Waals surface area (Å²) < 4.78 is 12.7. The van der Waals surface area contributed by atoms with Gasteiger partial charge in [0.15, 0.2) is 0 Å². The van der Waals surface area contributed by atoms with Crippen LogP contribution < -0.4 is 0 Å². The number of hydrogen-bond acceptors (Lipinski definition) is 4. The van der Waals surface area contributed by atoms with E-state index in [2.05, 4.69) is 13.8 Å². The minimum Gasteiger partial charge on any atom is -0.390 e. The molecule has 0 amide bonds. The Bertz CT molecular complexity index is 435. The summed E-state index contributed by atoms with van der Waals surface area (Å²) in [7, 11) is 0. The SMILES string of the molecule is C.C.CC1C(C)C2OC1C1C3OC(C21)C(C(C)(C)O)C3C(C)(C)O. The monoisotopic (exact) mass is 342 g/mol. The number of aliphatic hydroxyl groups is 2. The van der Waals surface area contributed by atoms with E-state index in [9.17, 15) is 10.2 Å². The van der Waals surface area contributed by atoms with Crippen molar-refractivity contribution in [3.63, 3.8) is 0 Å². The van der Waals surface area contributed by atoms with E-state index < -0.39 is 11.2 Å². The summed E-state index contributed by atoms with van der Waals surface area (Å²) in [6.07, 6.45) is 0.535. The van der Waals surface area contributed by atoms with Crippen molar-refractivity contribution in [3.8, 4) is 0 Å². The van der Waals surface area contributed by atoms with Crippen LogP contribution in [0, 0.1) is 35.5 Å². The van der Waals surface area contributed by atoms with Crippen LogP contribution in [0.2, 0.25) is 0 Å². The average Bonchev–Trinajstić information content (AvgIpc) is 3.05. The molecule has 0 saturated carbocycles. The summed E-state index contributed by atoms with van der Waals surface area (Å²) in [5.74, 6) is 1.80. The van der Waals surface area contributed by atoms with E-state index in [0.717, 1.165) is 0 Å². The molecular formula is C20H38O4. The number of hydrogen-bond donors (Lipinski definition) is 2. The van der Waals surface area contributed by atoms with Crippen LogP contribution in [0.5, 0.6) is 0 Å². The second kappa shape index (κ2) is 5.67. The minimum absolute atomic E-state index is 0. The molecule has 0 radical (unpaired) electrons. The predicted molar refractivity (Wildman–Crippen MR) is 95.7 cm³/mol. The molecule has 4 fully saturated rings. The van der Waals surface area contributed by atoms with Crippen molar-refractivity contribution in [2.45, 2.75) is 92.0 Å². The molecule has 4 nitrogen and oxygen atoms in total.